The van der Waals surface area contributed by atoms with E-state index in [1.54, 1.807) is 11.8 Å². The second kappa shape index (κ2) is 7.39. The lowest BCUT2D eigenvalue weighted by molar-refractivity contribution is -0.127. The van der Waals surface area contributed by atoms with Crippen LogP contribution in [0.3, 0.4) is 0 Å². The van der Waals surface area contributed by atoms with E-state index in [2.05, 4.69) is 30.5 Å². The highest BCUT2D eigenvalue weighted by Gasteiger charge is 2.19. The maximum atomic E-state index is 12.3. The minimum atomic E-state index is 0.245. The number of benzene rings is 1. The molecular weight excluding hydrogens is 306 g/mol. The van der Waals surface area contributed by atoms with E-state index < -0.39 is 0 Å². The maximum absolute atomic E-state index is 12.3. The highest BCUT2D eigenvalue weighted by Crippen LogP contribution is 2.25. The molecule has 0 radical (unpaired) electrons. The summed E-state index contributed by atoms with van der Waals surface area (Å²) in [5, 5.41) is 0.972. The Morgan fingerprint density at radius 2 is 2.00 bits per heavy atom. The van der Waals surface area contributed by atoms with Crippen LogP contribution in [0.1, 0.15) is 33.1 Å². The number of hydrogen-bond donors (Lipinski definition) is 0. The molecule has 2 heterocycles. The van der Waals surface area contributed by atoms with Gasteiger partial charge in [-0.3, -0.25) is 4.79 Å². The fourth-order valence-corrected chi connectivity index (χ4v) is 3.89. The highest BCUT2D eigenvalue weighted by atomic mass is 32.2. The standard InChI is InChI=1S/C18H25N3OS/c1-14(2)9-12-21-16-8-4-3-7-15(16)19-18(21)23-13-17(22)20-10-5-6-11-20/h3-4,7-8,14H,5-6,9-13H2,1-2H3. The minimum absolute atomic E-state index is 0.245. The average Bonchev–Trinajstić information content (AvgIpc) is 3.18. The van der Waals surface area contributed by atoms with Crippen LogP contribution in [0.15, 0.2) is 29.4 Å². The molecule has 0 saturated carbocycles. The monoisotopic (exact) mass is 331 g/mol. The molecule has 2 aromatic rings. The van der Waals surface area contributed by atoms with E-state index in [4.69, 9.17) is 4.98 Å². The Morgan fingerprint density at radius 1 is 1.26 bits per heavy atom. The molecule has 1 aromatic carbocycles. The van der Waals surface area contributed by atoms with Crippen LogP contribution in [0.25, 0.3) is 11.0 Å². The van der Waals surface area contributed by atoms with Crippen molar-refractivity contribution in [1.29, 1.82) is 0 Å². The smallest absolute Gasteiger partial charge is 0.233 e. The lowest BCUT2D eigenvalue weighted by atomic mass is 10.1. The molecule has 23 heavy (non-hydrogen) atoms. The molecule has 0 N–H and O–H groups in total. The highest BCUT2D eigenvalue weighted by molar-refractivity contribution is 7.99. The van der Waals surface area contributed by atoms with Crippen molar-refractivity contribution < 1.29 is 4.79 Å². The number of hydrogen-bond acceptors (Lipinski definition) is 3. The molecule has 1 aliphatic rings. The molecule has 0 aliphatic carbocycles. The number of rotatable bonds is 6. The van der Waals surface area contributed by atoms with E-state index >= 15 is 0 Å². The summed E-state index contributed by atoms with van der Waals surface area (Å²) in [7, 11) is 0. The van der Waals surface area contributed by atoms with Crippen LogP contribution in [-0.2, 0) is 11.3 Å². The van der Waals surface area contributed by atoms with Crippen LogP contribution in [0, 0.1) is 5.92 Å². The van der Waals surface area contributed by atoms with Crippen molar-refractivity contribution in [3.8, 4) is 0 Å². The summed E-state index contributed by atoms with van der Waals surface area (Å²) in [6.45, 7) is 7.27. The molecule has 4 nitrogen and oxygen atoms in total. The van der Waals surface area contributed by atoms with Crippen molar-refractivity contribution >= 4 is 28.7 Å². The van der Waals surface area contributed by atoms with Gasteiger partial charge in [0, 0.05) is 19.6 Å². The Kier molecular flexibility index (Phi) is 5.26. The third-order valence-electron chi connectivity index (χ3n) is 4.33. The van der Waals surface area contributed by atoms with Gasteiger partial charge in [0.2, 0.25) is 5.91 Å². The number of likely N-dealkylation sites (tertiary alicyclic amines) is 1. The third kappa shape index (κ3) is 3.89. The Balaban J connectivity index is 1.75. The van der Waals surface area contributed by atoms with Gasteiger partial charge in [-0.25, -0.2) is 4.98 Å². The zero-order valence-corrected chi connectivity index (χ0v) is 14.8. The van der Waals surface area contributed by atoms with Crippen LogP contribution >= 0.6 is 11.8 Å². The van der Waals surface area contributed by atoms with Crippen LogP contribution in [-0.4, -0.2) is 39.2 Å². The predicted octanol–water partition coefficient (Wildman–Crippen LogP) is 3.80. The molecule has 5 heteroatoms. The molecule has 1 saturated heterocycles. The number of thioether (sulfide) groups is 1. The average molecular weight is 331 g/mol. The topological polar surface area (TPSA) is 38.1 Å². The van der Waals surface area contributed by atoms with Crippen LogP contribution < -0.4 is 0 Å². The zero-order chi connectivity index (χ0) is 16.2. The summed E-state index contributed by atoms with van der Waals surface area (Å²) in [6, 6.07) is 8.24. The van der Waals surface area contributed by atoms with E-state index in [9.17, 15) is 4.79 Å². The van der Waals surface area contributed by atoms with Crippen molar-refractivity contribution in [1.82, 2.24) is 14.5 Å². The van der Waals surface area contributed by atoms with E-state index in [1.165, 1.54) is 5.52 Å². The summed E-state index contributed by atoms with van der Waals surface area (Å²) < 4.78 is 2.28. The number of amides is 1. The molecule has 0 atom stereocenters. The predicted molar refractivity (Wildman–Crippen MR) is 95.7 cm³/mol. The molecule has 1 fully saturated rings. The van der Waals surface area contributed by atoms with Gasteiger partial charge < -0.3 is 9.47 Å². The van der Waals surface area contributed by atoms with Gasteiger partial charge in [-0.15, -0.1) is 0 Å². The lowest BCUT2D eigenvalue weighted by Crippen LogP contribution is -2.29. The van der Waals surface area contributed by atoms with Gasteiger partial charge in [0.1, 0.15) is 0 Å². The van der Waals surface area contributed by atoms with Crippen molar-refractivity contribution in [3.63, 3.8) is 0 Å². The second-order valence-corrected chi connectivity index (χ2v) is 7.54. The molecule has 124 valence electrons. The van der Waals surface area contributed by atoms with Gasteiger partial charge in [0.15, 0.2) is 5.16 Å². The van der Waals surface area contributed by atoms with Gasteiger partial charge in [0.05, 0.1) is 16.8 Å². The molecule has 1 amide bonds. The first kappa shape index (κ1) is 16.4. The molecule has 0 unspecified atom stereocenters. The van der Waals surface area contributed by atoms with E-state index in [-0.39, 0.29) is 5.91 Å². The Labute approximate surface area is 142 Å². The van der Waals surface area contributed by atoms with E-state index in [0.29, 0.717) is 11.7 Å². The van der Waals surface area contributed by atoms with Crippen LogP contribution in [0.5, 0.6) is 0 Å². The number of carbonyl (C=O) groups is 1. The fourth-order valence-electron chi connectivity index (χ4n) is 2.95. The van der Waals surface area contributed by atoms with Crippen molar-refractivity contribution in [3.05, 3.63) is 24.3 Å². The lowest BCUT2D eigenvalue weighted by Gasteiger charge is -2.15. The van der Waals surface area contributed by atoms with Crippen molar-refractivity contribution in [2.24, 2.45) is 5.92 Å². The SMILES string of the molecule is CC(C)CCn1c(SCC(=O)N2CCCC2)nc2ccccc21. The molecule has 0 bridgehead atoms. The fraction of sp³-hybridized carbons (Fsp3) is 0.556. The summed E-state index contributed by atoms with van der Waals surface area (Å²) in [6.07, 6.45) is 3.40. The normalized spacial score (nSPS) is 15.0. The summed E-state index contributed by atoms with van der Waals surface area (Å²) >= 11 is 1.58. The minimum Gasteiger partial charge on any atom is -0.342 e. The van der Waals surface area contributed by atoms with Crippen molar-refractivity contribution in [2.75, 3.05) is 18.8 Å². The van der Waals surface area contributed by atoms with Crippen LogP contribution in [0.2, 0.25) is 0 Å². The number of nitrogens with zero attached hydrogens (tertiary/aromatic N) is 3. The summed E-state index contributed by atoms with van der Waals surface area (Å²) in [5.41, 5.74) is 2.19. The van der Waals surface area contributed by atoms with Crippen LogP contribution in [0.4, 0.5) is 0 Å². The zero-order valence-electron chi connectivity index (χ0n) is 14.0. The Hall–Kier alpha value is -1.49. The first-order chi connectivity index (χ1) is 11.1. The summed E-state index contributed by atoms with van der Waals surface area (Å²) in [4.78, 5) is 19.0. The number of imidazole rings is 1. The maximum Gasteiger partial charge on any atom is 0.233 e. The first-order valence-electron chi connectivity index (χ1n) is 8.51. The van der Waals surface area contributed by atoms with Gasteiger partial charge in [-0.2, -0.15) is 0 Å². The number of carbonyl (C=O) groups excluding carboxylic acids is 1. The Morgan fingerprint density at radius 3 is 2.74 bits per heavy atom. The van der Waals surface area contributed by atoms with Gasteiger partial charge in [-0.1, -0.05) is 37.7 Å². The quantitative estimate of drug-likeness (QED) is 0.756. The number of aromatic nitrogens is 2. The first-order valence-corrected chi connectivity index (χ1v) is 9.49. The van der Waals surface area contributed by atoms with E-state index in [1.807, 2.05) is 17.0 Å². The second-order valence-electron chi connectivity index (χ2n) is 6.59. The van der Waals surface area contributed by atoms with Crippen molar-refractivity contribution in [2.45, 2.75) is 44.8 Å². The Bertz CT molecular complexity index is 674. The molecule has 3 rings (SSSR count). The van der Waals surface area contributed by atoms with Gasteiger partial charge >= 0.3 is 0 Å². The van der Waals surface area contributed by atoms with Gasteiger partial charge in [0.25, 0.3) is 0 Å². The number of fused-ring (bicyclic) bond motifs is 1. The molecule has 1 aliphatic heterocycles. The number of aryl methyl sites for hydroxylation is 1. The molecule has 0 spiro atoms. The summed E-state index contributed by atoms with van der Waals surface area (Å²) in [5.74, 6) is 1.39. The van der Waals surface area contributed by atoms with E-state index in [0.717, 1.165) is 49.6 Å². The van der Waals surface area contributed by atoms with Gasteiger partial charge in [-0.05, 0) is 37.3 Å². The largest absolute Gasteiger partial charge is 0.342 e. The third-order valence-corrected chi connectivity index (χ3v) is 5.29. The number of para-hydroxylation sites is 2. The molecule has 1 aromatic heterocycles. The molecular formula is C18H25N3OS.